The lowest BCUT2D eigenvalue weighted by Crippen LogP contribution is -2.22. The molecule has 1 aromatic rings. The van der Waals surface area contributed by atoms with Crippen LogP contribution in [-0.2, 0) is 6.54 Å². The minimum atomic E-state index is 0.899. The highest BCUT2D eigenvalue weighted by Gasteiger charge is 2.09. The second-order valence-electron chi connectivity index (χ2n) is 5.71. The summed E-state index contributed by atoms with van der Waals surface area (Å²) in [5.41, 5.74) is 3.72. The van der Waals surface area contributed by atoms with E-state index in [1.807, 2.05) is 6.20 Å². The lowest BCUT2D eigenvalue weighted by Gasteiger charge is -2.14. The molecule has 1 fully saturated rings. The van der Waals surface area contributed by atoms with Crippen LogP contribution in [0.4, 0.5) is 0 Å². The second kappa shape index (κ2) is 7.61. The van der Waals surface area contributed by atoms with E-state index in [1.165, 1.54) is 62.1 Å². The normalized spacial score (nSPS) is 16.1. The van der Waals surface area contributed by atoms with Crippen LogP contribution in [0.5, 0.6) is 0 Å². The Morgan fingerprint density at radius 1 is 1.21 bits per heavy atom. The molecule has 0 saturated carbocycles. The van der Waals surface area contributed by atoms with Crippen molar-refractivity contribution in [2.24, 2.45) is 0 Å². The fourth-order valence-corrected chi connectivity index (χ4v) is 2.73. The number of pyridine rings is 1. The maximum Gasteiger partial charge on any atom is 0.0570 e. The lowest BCUT2D eigenvalue weighted by atomic mass is 10.1. The molecule has 1 saturated heterocycles. The number of nitrogens with zero attached hydrogens (tertiary/aromatic N) is 2. The first-order valence-electron chi connectivity index (χ1n) is 7.61. The van der Waals surface area contributed by atoms with Crippen molar-refractivity contribution < 1.29 is 0 Å². The van der Waals surface area contributed by atoms with Crippen LogP contribution < -0.4 is 5.32 Å². The molecule has 106 valence electrons. The van der Waals surface area contributed by atoms with E-state index in [2.05, 4.69) is 35.1 Å². The molecular formula is C16H27N3. The molecule has 0 spiro atoms. The first kappa shape index (κ1) is 14.5. The van der Waals surface area contributed by atoms with Gasteiger partial charge < -0.3 is 10.2 Å². The molecule has 3 heteroatoms. The van der Waals surface area contributed by atoms with Crippen molar-refractivity contribution in [1.82, 2.24) is 15.2 Å². The Morgan fingerprint density at radius 3 is 2.74 bits per heavy atom. The van der Waals surface area contributed by atoms with Crippen molar-refractivity contribution in [1.29, 1.82) is 0 Å². The van der Waals surface area contributed by atoms with Crippen molar-refractivity contribution in [3.8, 4) is 0 Å². The Labute approximate surface area is 117 Å². The van der Waals surface area contributed by atoms with Gasteiger partial charge in [-0.25, -0.2) is 0 Å². The third-order valence-corrected chi connectivity index (χ3v) is 3.89. The first-order valence-corrected chi connectivity index (χ1v) is 7.61. The number of rotatable bonds is 7. The van der Waals surface area contributed by atoms with Crippen LogP contribution in [0.2, 0.25) is 0 Å². The largest absolute Gasteiger partial charge is 0.311 e. The second-order valence-corrected chi connectivity index (χ2v) is 5.71. The summed E-state index contributed by atoms with van der Waals surface area (Å²) in [6.07, 6.45) is 7.33. The number of unbranched alkanes of at least 4 members (excludes halogenated alkanes) is 1. The first-order chi connectivity index (χ1) is 9.25. The fourth-order valence-electron chi connectivity index (χ4n) is 2.73. The summed E-state index contributed by atoms with van der Waals surface area (Å²) in [6.45, 7) is 10.2. The number of aromatic nitrogens is 1. The van der Waals surface area contributed by atoms with Gasteiger partial charge in [0.2, 0.25) is 0 Å². The highest BCUT2D eigenvalue weighted by molar-refractivity contribution is 5.22. The molecule has 0 amide bonds. The number of aryl methyl sites for hydroxylation is 2. The molecule has 2 rings (SSSR count). The number of hydrogen-bond acceptors (Lipinski definition) is 3. The molecule has 3 nitrogen and oxygen atoms in total. The summed E-state index contributed by atoms with van der Waals surface area (Å²) in [5.74, 6) is 0. The van der Waals surface area contributed by atoms with Crippen LogP contribution in [0.15, 0.2) is 12.3 Å². The minimum absolute atomic E-state index is 0.899. The van der Waals surface area contributed by atoms with Gasteiger partial charge in [-0.2, -0.15) is 0 Å². The van der Waals surface area contributed by atoms with Gasteiger partial charge in [0.15, 0.2) is 0 Å². The highest BCUT2D eigenvalue weighted by atomic mass is 15.1. The fraction of sp³-hybridized carbons (Fsp3) is 0.688. The molecule has 1 N–H and O–H groups in total. The van der Waals surface area contributed by atoms with Crippen molar-refractivity contribution in [2.45, 2.75) is 46.1 Å². The zero-order valence-corrected chi connectivity index (χ0v) is 12.4. The van der Waals surface area contributed by atoms with Crippen LogP contribution >= 0.6 is 0 Å². The van der Waals surface area contributed by atoms with Crippen LogP contribution in [0.1, 0.15) is 42.5 Å². The van der Waals surface area contributed by atoms with Crippen LogP contribution in [0.25, 0.3) is 0 Å². The molecular weight excluding hydrogens is 234 g/mol. The molecule has 0 unspecified atom stereocenters. The molecule has 1 aliphatic heterocycles. The van der Waals surface area contributed by atoms with E-state index in [-0.39, 0.29) is 0 Å². The van der Waals surface area contributed by atoms with Crippen molar-refractivity contribution >= 4 is 0 Å². The molecule has 0 aromatic carbocycles. The predicted molar refractivity (Wildman–Crippen MR) is 80.3 cm³/mol. The third kappa shape index (κ3) is 4.92. The standard InChI is InChI=1S/C16H27N3/c1-14-11-15(2)16(18-12-14)13-17-7-3-4-8-19-9-5-6-10-19/h11-12,17H,3-10,13H2,1-2H3. The third-order valence-electron chi connectivity index (χ3n) is 3.89. The van der Waals surface area contributed by atoms with Crippen molar-refractivity contribution in [2.75, 3.05) is 26.2 Å². The van der Waals surface area contributed by atoms with Gasteiger partial charge in [0.25, 0.3) is 0 Å². The SMILES string of the molecule is Cc1cnc(CNCCCCN2CCCC2)c(C)c1. The quantitative estimate of drug-likeness (QED) is 0.765. The molecule has 0 aliphatic carbocycles. The van der Waals surface area contributed by atoms with Crippen LogP contribution in [0.3, 0.4) is 0 Å². The van der Waals surface area contributed by atoms with E-state index in [9.17, 15) is 0 Å². The van der Waals surface area contributed by atoms with Gasteiger partial charge in [0, 0.05) is 12.7 Å². The van der Waals surface area contributed by atoms with Gasteiger partial charge in [-0.05, 0) is 76.8 Å². The highest BCUT2D eigenvalue weighted by Crippen LogP contribution is 2.08. The number of likely N-dealkylation sites (tertiary alicyclic amines) is 1. The number of hydrogen-bond donors (Lipinski definition) is 1. The maximum atomic E-state index is 4.49. The Balaban J connectivity index is 1.56. The molecule has 0 atom stereocenters. The molecule has 0 radical (unpaired) electrons. The summed E-state index contributed by atoms with van der Waals surface area (Å²) >= 11 is 0. The zero-order chi connectivity index (χ0) is 13.5. The average Bonchev–Trinajstić information content (AvgIpc) is 2.89. The zero-order valence-electron chi connectivity index (χ0n) is 12.4. The molecule has 1 aromatic heterocycles. The van der Waals surface area contributed by atoms with E-state index < -0.39 is 0 Å². The van der Waals surface area contributed by atoms with E-state index in [0.29, 0.717) is 0 Å². The van der Waals surface area contributed by atoms with Crippen LogP contribution in [-0.4, -0.2) is 36.1 Å². The van der Waals surface area contributed by atoms with Crippen molar-refractivity contribution in [3.63, 3.8) is 0 Å². The Kier molecular flexibility index (Phi) is 5.80. The molecule has 19 heavy (non-hydrogen) atoms. The van der Waals surface area contributed by atoms with E-state index in [0.717, 1.165) is 13.1 Å². The summed E-state index contributed by atoms with van der Waals surface area (Å²) in [4.78, 5) is 7.08. The van der Waals surface area contributed by atoms with Gasteiger partial charge in [0.1, 0.15) is 0 Å². The molecule has 0 bridgehead atoms. The monoisotopic (exact) mass is 261 g/mol. The van der Waals surface area contributed by atoms with Crippen molar-refractivity contribution in [3.05, 3.63) is 29.1 Å². The topological polar surface area (TPSA) is 28.2 Å². The van der Waals surface area contributed by atoms with Gasteiger partial charge in [0.05, 0.1) is 5.69 Å². The lowest BCUT2D eigenvalue weighted by molar-refractivity contribution is 0.329. The minimum Gasteiger partial charge on any atom is -0.311 e. The predicted octanol–water partition coefficient (Wildman–Crippen LogP) is 2.66. The van der Waals surface area contributed by atoms with Gasteiger partial charge in [-0.15, -0.1) is 0 Å². The van der Waals surface area contributed by atoms with Gasteiger partial charge in [-0.1, -0.05) is 6.07 Å². The van der Waals surface area contributed by atoms with Gasteiger partial charge >= 0.3 is 0 Å². The Morgan fingerprint density at radius 2 is 2.00 bits per heavy atom. The van der Waals surface area contributed by atoms with Crippen LogP contribution in [0, 0.1) is 13.8 Å². The summed E-state index contributed by atoms with van der Waals surface area (Å²) in [7, 11) is 0. The summed E-state index contributed by atoms with van der Waals surface area (Å²) < 4.78 is 0. The van der Waals surface area contributed by atoms with E-state index >= 15 is 0 Å². The molecule has 2 heterocycles. The maximum absolute atomic E-state index is 4.49. The van der Waals surface area contributed by atoms with E-state index in [4.69, 9.17) is 0 Å². The average molecular weight is 261 g/mol. The summed E-state index contributed by atoms with van der Waals surface area (Å²) in [5, 5.41) is 3.51. The van der Waals surface area contributed by atoms with Gasteiger partial charge in [-0.3, -0.25) is 4.98 Å². The summed E-state index contributed by atoms with van der Waals surface area (Å²) in [6, 6.07) is 2.21. The Hall–Kier alpha value is -0.930. The Bertz CT molecular complexity index is 384. The number of nitrogens with one attached hydrogen (secondary N) is 1. The molecule has 1 aliphatic rings. The smallest absolute Gasteiger partial charge is 0.0570 e. The van der Waals surface area contributed by atoms with E-state index in [1.54, 1.807) is 0 Å².